The van der Waals surface area contributed by atoms with E-state index in [1.807, 2.05) is 19.2 Å². The molecule has 1 aliphatic carbocycles. The maximum Gasteiger partial charge on any atom is 0.237 e. The number of carbonyl (C=O) groups excluding carboxylic acids is 1. The Kier molecular flexibility index (Phi) is 2.37. The molecule has 3 rings (SSSR count). The molecule has 1 aromatic rings. The smallest absolute Gasteiger partial charge is 0.237 e. The van der Waals surface area contributed by atoms with Crippen molar-refractivity contribution in [2.24, 2.45) is 5.41 Å². The predicted molar refractivity (Wildman–Crippen MR) is 68.8 cm³/mol. The second-order valence-electron chi connectivity index (χ2n) is 5.30. The van der Waals surface area contributed by atoms with Gasteiger partial charge in [0.25, 0.3) is 0 Å². The minimum Gasteiger partial charge on any atom is -0.486 e. The Bertz CT molecular complexity index is 509. The molecule has 4 heteroatoms. The highest BCUT2D eigenvalue weighted by Crippen LogP contribution is 2.53. The molecule has 1 spiro atoms. The molecule has 0 bridgehead atoms. The van der Waals surface area contributed by atoms with Gasteiger partial charge >= 0.3 is 0 Å². The summed E-state index contributed by atoms with van der Waals surface area (Å²) in [6, 6.07) is 2.00. The number of rotatable bonds is 1. The normalized spacial score (nSPS) is 24.5. The van der Waals surface area contributed by atoms with Gasteiger partial charge < -0.3 is 4.74 Å². The Morgan fingerprint density at radius 3 is 2.89 bits per heavy atom. The number of aryl methyl sites for hydroxylation is 1. The molecular weight excluding hydrogens is 228 g/mol. The summed E-state index contributed by atoms with van der Waals surface area (Å²) >= 11 is 0. The lowest BCUT2D eigenvalue weighted by Crippen LogP contribution is -2.39. The predicted octanol–water partition coefficient (Wildman–Crippen LogP) is 2.17. The van der Waals surface area contributed by atoms with Crippen molar-refractivity contribution < 1.29 is 9.53 Å². The number of fused-ring (bicyclic) bond motifs is 1. The fourth-order valence-corrected chi connectivity index (χ4v) is 2.67. The number of hydrogen-bond acceptors (Lipinski definition) is 3. The largest absolute Gasteiger partial charge is 0.486 e. The minimum atomic E-state index is -0.304. The summed E-state index contributed by atoms with van der Waals surface area (Å²) in [4.78, 5) is 18.5. The Hall–Kier alpha value is -1.58. The zero-order chi connectivity index (χ0) is 12.9. The van der Waals surface area contributed by atoms with Gasteiger partial charge in [-0.3, -0.25) is 9.69 Å². The van der Waals surface area contributed by atoms with E-state index in [0.717, 1.165) is 30.6 Å². The SMILES string of the molecule is CCc1cnc2c(c1)O[C@H](C)C1(CC1)C(=O)N2C. The highest BCUT2D eigenvalue weighted by Gasteiger charge is 2.58. The van der Waals surface area contributed by atoms with E-state index in [4.69, 9.17) is 4.74 Å². The van der Waals surface area contributed by atoms with Gasteiger partial charge in [-0.15, -0.1) is 0 Å². The number of pyridine rings is 1. The van der Waals surface area contributed by atoms with Crippen LogP contribution in [-0.4, -0.2) is 24.0 Å². The van der Waals surface area contributed by atoms with Crippen molar-refractivity contribution in [3.05, 3.63) is 17.8 Å². The van der Waals surface area contributed by atoms with Crippen molar-refractivity contribution >= 4 is 11.7 Å². The summed E-state index contributed by atoms with van der Waals surface area (Å²) in [6.07, 6.45) is 4.52. The highest BCUT2D eigenvalue weighted by atomic mass is 16.5. The number of ether oxygens (including phenoxy) is 1. The molecule has 4 nitrogen and oxygen atoms in total. The summed E-state index contributed by atoms with van der Waals surface area (Å²) in [7, 11) is 1.79. The van der Waals surface area contributed by atoms with Crippen molar-refractivity contribution in [1.82, 2.24) is 4.98 Å². The molecule has 0 radical (unpaired) electrons. The molecule has 0 saturated heterocycles. The monoisotopic (exact) mass is 246 g/mol. The first-order valence-corrected chi connectivity index (χ1v) is 6.52. The van der Waals surface area contributed by atoms with E-state index < -0.39 is 0 Å². The minimum absolute atomic E-state index is 0.0670. The van der Waals surface area contributed by atoms with Crippen LogP contribution in [0.5, 0.6) is 5.75 Å². The van der Waals surface area contributed by atoms with Crippen molar-refractivity contribution in [1.29, 1.82) is 0 Å². The molecule has 1 saturated carbocycles. The van der Waals surface area contributed by atoms with Gasteiger partial charge in [0.1, 0.15) is 6.10 Å². The van der Waals surface area contributed by atoms with Crippen molar-refractivity contribution in [3.63, 3.8) is 0 Å². The van der Waals surface area contributed by atoms with Crippen molar-refractivity contribution in [2.75, 3.05) is 11.9 Å². The lowest BCUT2D eigenvalue weighted by atomic mass is 9.99. The first-order chi connectivity index (χ1) is 8.58. The summed E-state index contributed by atoms with van der Waals surface area (Å²) in [5.41, 5.74) is 0.829. The van der Waals surface area contributed by atoms with Crippen LogP contribution < -0.4 is 9.64 Å². The van der Waals surface area contributed by atoms with Crippen LogP contribution in [0.2, 0.25) is 0 Å². The number of amides is 1. The summed E-state index contributed by atoms with van der Waals surface area (Å²) in [6.45, 7) is 4.08. The van der Waals surface area contributed by atoms with Crippen LogP contribution in [0.3, 0.4) is 0 Å². The van der Waals surface area contributed by atoms with Gasteiger partial charge in [-0.1, -0.05) is 6.92 Å². The quantitative estimate of drug-likeness (QED) is 0.762. The number of nitrogens with zero attached hydrogens (tertiary/aromatic N) is 2. The van der Waals surface area contributed by atoms with Crippen LogP contribution in [0.15, 0.2) is 12.3 Å². The van der Waals surface area contributed by atoms with Crippen molar-refractivity contribution in [2.45, 2.75) is 39.2 Å². The average molecular weight is 246 g/mol. The van der Waals surface area contributed by atoms with E-state index in [2.05, 4.69) is 11.9 Å². The fourth-order valence-electron chi connectivity index (χ4n) is 2.67. The van der Waals surface area contributed by atoms with Crippen LogP contribution in [0, 0.1) is 5.41 Å². The zero-order valence-electron chi connectivity index (χ0n) is 11.1. The molecule has 1 fully saturated rings. The van der Waals surface area contributed by atoms with Crippen LogP contribution in [0.25, 0.3) is 0 Å². The Morgan fingerprint density at radius 2 is 2.28 bits per heavy atom. The zero-order valence-corrected chi connectivity index (χ0v) is 11.1. The molecule has 1 amide bonds. The van der Waals surface area contributed by atoms with Gasteiger partial charge in [0.15, 0.2) is 11.6 Å². The molecule has 1 aliphatic heterocycles. The van der Waals surface area contributed by atoms with E-state index in [1.54, 1.807) is 11.9 Å². The van der Waals surface area contributed by atoms with Crippen LogP contribution in [-0.2, 0) is 11.2 Å². The first-order valence-electron chi connectivity index (χ1n) is 6.52. The number of anilines is 1. The molecule has 2 aliphatic rings. The highest BCUT2D eigenvalue weighted by molar-refractivity contribution is 6.00. The second kappa shape index (κ2) is 3.70. The van der Waals surface area contributed by atoms with E-state index in [9.17, 15) is 4.79 Å². The van der Waals surface area contributed by atoms with Gasteiger partial charge in [-0.05, 0) is 37.8 Å². The van der Waals surface area contributed by atoms with Crippen LogP contribution in [0.1, 0.15) is 32.3 Å². The number of aromatic nitrogens is 1. The maximum atomic E-state index is 12.5. The molecule has 96 valence electrons. The molecular formula is C14H18N2O2. The average Bonchev–Trinajstić information content (AvgIpc) is 3.18. The third kappa shape index (κ3) is 1.44. The third-order valence-electron chi connectivity index (χ3n) is 4.22. The van der Waals surface area contributed by atoms with Crippen molar-refractivity contribution in [3.8, 4) is 5.75 Å². The first kappa shape index (κ1) is 11.5. The molecule has 1 aromatic heterocycles. The molecule has 0 unspecified atom stereocenters. The van der Waals surface area contributed by atoms with Gasteiger partial charge in [0.05, 0.1) is 5.41 Å². The van der Waals surface area contributed by atoms with Gasteiger partial charge in [0.2, 0.25) is 5.91 Å². The van der Waals surface area contributed by atoms with Crippen LogP contribution >= 0.6 is 0 Å². The van der Waals surface area contributed by atoms with Crippen LogP contribution in [0.4, 0.5) is 5.82 Å². The molecule has 1 atom stereocenters. The fraction of sp³-hybridized carbons (Fsp3) is 0.571. The Morgan fingerprint density at radius 1 is 1.56 bits per heavy atom. The van der Waals surface area contributed by atoms with E-state index in [-0.39, 0.29) is 17.4 Å². The summed E-state index contributed by atoms with van der Waals surface area (Å²) in [5.74, 6) is 1.53. The maximum absolute atomic E-state index is 12.5. The molecule has 2 heterocycles. The lowest BCUT2D eigenvalue weighted by Gasteiger charge is -2.21. The standard InChI is InChI=1S/C14H18N2O2/c1-4-10-7-11-12(15-8-10)16(3)13(17)14(5-6-14)9(2)18-11/h7-9H,4-6H2,1-3H3/t9-/m1/s1. The Labute approximate surface area is 107 Å². The molecule has 0 aromatic carbocycles. The summed E-state index contributed by atoms with van der Waals surface area (Å²) < 4.78 is 5.99. The van der Waals surface area contributed by atoms with E-state index in [0.29, 0.717) is 5.82 Å². The lowest BCUT2D eigenvalue weighted by molar-refractivity contribution is -0.125. The molecule has 0 N–H and O–H groups in total. The van der Waals surface area contributed by atoms with Gasteiger partial charge in [-0.2, -0.15) is 0 Å². The van der Waals surface area contributed by atoms with Gasteiger partial charge in [0, 0.05) is 13.2 Å². The van der Waals surface area contributed by atoms with E-state index in [1.165, 1.54) is 0 Å². The number of hydrogen-bond donors (Lipinski definition) is 0. The molecule has 18 heavy (non-hydrogen) atoms. The van der Waals surface area contributed by atoms with Gasteiger partial charge in [-0.25, -0.2) is 4.98 Å². The third-order valence-corrected chi connectivity index (χ3v) is 4.22. The number of carbonyl (C=O) groups is 1. The Balaban J connectivity index is 2.08. The second-order valence-corrected chi connectivity index (χ2v) is 5.30. The van der Waals surface area contributed by atoms with E-state index >= 15 is 0 Å². The topological polar surface area (TPSA) is 42.4 Å². The summed E-state index contributed by atoms with van der Waals surface area (Å²) in [5, 5.41) is 0.